The molecular formula is C14H13NOS. The van der Waals surface area contributed by atoms with E-state index < -0.39 is 10.8 Å². The number of anilines is 2. The summed E-state index contributed by atoms with van der Waals surface area (Å²) in [5.41, 5.74) is 2.12. The highest BCUT2D eigenvalue weighted by Gasteiger charge is 2.26. The Hall–Kier alpha value is -1.61. The first-order valence-electron chi connectivity index (χ1n) is 5.70. The van der Waals surface area contributed by atoms with Crippen molar-refractivity contribution in [3.63, 3.8) is 0 Å². The average molecular weight is 243 g/mol. The van der Waals surface area contributed by atoms with E-state index in [4.69, 9.17) is 0 Å². The minimum Gasteiger partial charge on any atom is -0.340 e. The van der Waals surface area contributed by atoms with Crippen molar-refractivity contribution in [1.82, 2.24) is 0 Å². The molecule has 0 amide bonds. The van der Waals surface area contributed by atoms with Crippen LogP contribution in [-0.2, 0) is 10.8 Å². The van der Waals surface area contributed by atoms with Crippen LogP contribution in [0.1, 0.15) is 6.92 Å². The predicted octanol–water partition coefficient (Wildman–Crippen LogP) is 3.32. The third kappa shape index (κ3) is 1.50. The topological polar surface area (TPSA) is 20.3 Å². The van der Waals surface area contributed by atoms with Gasteiger partial charge in [0.1, 0.15) is 0 Å². The van der Waals surface area contributed by atoms with Crippen LogP contribution in [0.5, 0.6) is 0 Å². The SMILES string of the molecule is CCN1c2ccccc2S(=O)c2ccccc21. The number of benzene rings is 2. The molecule has 3 heteroatoms. The molecule has 1 aliphatic heterocycles. The van der Waals surface area contributed by atoms with Gasteiger partial charge in [-0.1, -0.05) is 24.3 Å². The fourth-order valence-corrected chi connectivity index (χ4v) is 3.64. The van der Waals surface area contributed by atoms with E-state index in [9.17, 15) is 4.21 Å². The van der Waals surface area contributed by atoms with Crippen molar-refractivity contribution in [3.05, 3.63) is 48.5 Å². The van der Waals surface area contributed by atoms with Crippen molar-refractivity contribution in [1.29, 1.82) is 0 Å². The van der Waals surface area contributed by atoms with Crippen molar-refractivity contribution >= 4 is 22.2 Å². The molecule has 0 saturated heterocycles. The Balaban J connectivity index is 2.29. The summed E-state index contributed by atoms with van der Waals surface area (Å²) >= 11 is 0. The molecule has 1 heterocycles. The van der Waals surface area contributed by atoms with Crippen LogP contribution in [0.2, 0.25) is 0 Å². The molecule has 17 heavy (non-hydrogen) atoms. The van der Waals surface area contributed by atoms with E-state index in [0.717, 1.165) is 27.7 Å². The van der Waals surface area contributed by atoms with E-state index >= 15 is 0 Å². The molecule has 2 nitrogen and oxygen atoms in total. The van der Waals surface area contributed by atoms with Crippen molar-refractivity contribution in [2.24, 2.45) is 0 Å². The first-order chi connectivity index (χ1) is 8.33. The normalized spacial score (nSPS) is 14.3. The summed E-state index contributed by atoms with van der Waals surface area (Å²) in [6.07, 6.45) is 0. The van der Waals surface area contributed by atoms with Crippen molar-refractivity contribution in [2.45, 2.75) is 16.7 Å². The van der Waals surface area contributed by atoms with Gasteiger partial charge < -0.3 is 4.90 Å². The molecule has 0 unspecified atom stereocenters. The zero-order valence-corrected chi connectivity index (χ0v) is 10.4. The second-order valence-electron chi connectivity index (χ2n) is 3.95. The van der Waals surface area contributed by atoms with Gasteiger partial charge in [-0.25, -0.2) is 4.21 Å². The third-order valence-electron chi connectivity index (χ3n) is 3.03. The summed E-state index contributed by atoms with van der Waals surface area (Å²) in [6, 6.07) is 15.8. The molecular weight excluding hydrogens is 230 g/mol. The highest BCUT2D eigenvalue weighted by Crippen LogP contribution is 2.41. The summed E-state index contributed by atoms with van der Waals surface area (Å²) in [5.74, 6) is 0. The predicted molar refractivity (Wildman–Crippen MR) is 70.2 cm³/mol. The number of rotatable bonds is 1. The van der Waals surface area contributed by atoms with Crippen molar-refractivity contribution in [2.75, 3.05) is 11.4 Å². The first-order valence-corrected chi connectivity index (χ1v) is 6.85. The quantitative estimate of drug-likeness (QED) is 0.765. The Kier molecular flexibility index (Phi) is 2.48. The van der Waals surface area contributed by atoms with Gasteiger partial charge in [0.2, 0.25) is 0 Å². The zero-order chi connectivity index (χ0) is 11.8. The van der Waals surface area contributed by atoms with Gasteiger partial charge in [0.15, 0.2) is 0 Å². The van der Waals surface area contributed by atoms with Gasteiger partial charge in [-0.15, -0.1) is 0 Å². The summed E-state index contributed by atoms with van der Waals surface area (Å²) in [5, 5.41) is 0. The third-order valence-corrected chi connectivity index (χ3v) is 4.52. The van der Waals surface area contributed by atoms with E-state index in [2.05, 4.69) is 11.8 Å². The Morgan fingerprint density at radius 3 is 1.88 bits per heavy atom. The van der Waals surface area contributed by atoms with Gasteiger partial charge in [0.05, 0.1) is 32.0 Å². The molecule has 0 atom stereocenters. The van der Waals surface area contributed by atoms with Crippen LogP contribution in [-0.4, -0.2) is 10.8 Å². The van der Waals surface area contributed by atoms with Crippen LogP contribution in [0.25, 0.3) is 0 Å². The number of fused-ring (bicyclic) bond motifs is 2. The lowest BCUT2D eigenvalue weighted by atomic mass is 10.2. The molecule has 86 valence electrons. The molecule has 3 rings (SSSR count). The largest absolute Gasteiger partial charge is 0.340 e. The van der Waals surface area contributed by atoms with E-state index in [-0.39, 0.29) is 0 Å². The standard InChI is InChI=1S/C14H13NOS/c1-2-15-11-7-3-5-9-13(11)17(16)14-10-6-4-8-12(14)15/h3-10H,2H2,1H3. The van der Waals surface area contributed by atoms with Crippen LogP contribution in [0.3, 0.4) is 0 Å². The minimum atomic E-state index is -1.05. The van der Waals surface area contributed by atoms with Gasteiger partial charge in [0, 0.05) is 6.54 Å². The molecule has 0 aliphatic carbocycles. The molecule has 0 spiro atoms. The zero-order valence-electron chi connectivity index (χ0n) is 9.59. The smallest absolute Gasteiger partial charge is 0.0892 e. The lowest BCUT2D eigenvalue weighted by Crippen LogP contribution is -2.23. The molecule has 0 bridgehead atoms. The maximum atomic E-state index is 12.5. The van der Waals surface area contributed by atoms with Crippen LogP contribution in [0, 0.1) is 0 Å². The number of para-hydroxylation sites is 2. The summed E-state index contributed by atoms with van der Waals surface area (Å²) in [4.78, 5) is 4.03. The highest BCUT2D eigenvalue weighted by molar-refractivity contribution is 7.85. The van der Waals surface area contributed by atoms with Crippen LogP contribution in [0.4, 0.5) is 11.4 Å². The van der Waals surface area contributed by atoms with E-state index in [1.165, 1.54) is 0 Å². The molecule has 2 aromatic carbocycles. The second-order valence-corrected chi connectivity index (χ2v) is 5.37. The molecule has 2 aromatic rings. The summed E-state index contributed by atoms with van der Waals surface area (Å²) < 4.78 is 12.5. The first kappa shape index (κ1) is 10.5. The highest BCUT2D eigenvalue weighted by atomic mass is 32.2. The van der Waals surface area contributed by atoms with E-state index in [1.54, 1.807) is 0 Å². The molecule has 0 aromatic heterocycles. The number of hydrogen-bond donors (Lipinski definition) is 0. The monoisotopic (exact) mass is 243 g/mol. The van der Waals surface area contributed by atoms with Gasteiger partial charge in [-0.3, -0.25) is 0 Å². The molecule has 0 saturated carbocycles. The molecule has 0 radical (unpaired) electrons. The second kappa shape index (κ2) is 4.00. The molecule has 1 aliphatic rings. The van der Waals surface area contributed by atoms with Gasteiger partial charge >= 0.3 is 0 Å². The Morgan fingerprint density at radius 2 is 1.41 bits per heavy atom. The van der Waals surface area contributed by atoms with Crippen molar-refractivity contribution < 1.29 is 4.21 Å². The number of hydrogen-bond acceptors (Lipinski definition) is 2. The average Bonchev–Trinajstić information content (AvgIpc) is 2.40. The van der Waals surface area contributed by atoms with Crippen molar-refractivity contribution in [3.8, 4) is 0 Å². The molecule has 0 N–H and O–H groups in total. The fraction of sp³-hybridized carbons (Fsp3) is 0.143. The summed E-state index contributed by atoms with van der Waals surface area (Å²) in [6.45, 7) is 2.99. The van der Waals surface area contributed by atoms with Crippen LogP contribution >= 0.6 is 0 Å². The number of nitrogens with zero attached hydrogens (tertiary/aromatic N) is 1. The maximum Gasteiger partial charge on any atom is 0.0892 e. The lowest BCUT2D eigenvalue weighted by molar-refractivity contribution is 0.681. The Labute approximate surface area is 103 Å². The van der Waals surface area contributed by atoms with Crippen LogP contribution < -0.4 is 4.90 Å². The van der Waals surface area contributed by atoms with Crippen LogP contribution in [0.15, 0.2) is 58.3 Å². The van der Waals surface area contributed by atoms with Gasteiger partial charge in [-0.2, -0.15) is 0 Å². The van der Waals surface area contributed by atoms with E-state index in [0.29, 0.717) is 0 Å². The maximum absolute atomic E-state index is 12.5. The Morgan fingerprint density at radius 1 is 0.941 bits per heavy atom. The van der Waals surface area contributed by atoms with Gasteiger partial charge in [-0.05, 0) is 31.2 Å². The Bertz CT molecular complexity index is 545. The molecule has 0 fully saturated rings. The fourth-order valence-electron chi connectivity index (χ4n) is 2.26. The van der Waals surface area contributed by atoms with E-state index in [1.807, 2.05) is 48.5 Å². The van der Waals surface area contributed by atoms with Gasteiger partial charge in [0.25, 0.3) is 0 Å². The minimum absolute atomic E-state index is 0.880. The lowest BCUT2D eigenvalue weighted by Gasteiger charge is -2.31. The summed E-state index contributed by atoms with van der Waals surface area (Å²) in [7, 11) is -1.05.